The molecule has 0 aromatic heterocycles. The van der Waals surface area contributed by atoms with E-state index in [1.165, 1.54) is 21.0 Å². The zero-order chi connectivity index (χ0) is 35.2. The Kier molecular flexibility index (Phi) is 10.5. The number of β-lactam (4-membered cyclic amide) rings is 1. The fraction of sp³-hybridized carbons (Fsp3) is 0.243. The van der Waals surface area contributed by atoms with Crippen molar-refractivity contribution in [1.82, 2.24) is 4.67 Å². The Morgan fingerprint density at radius 3 is 1.73 bits per heavy atom. The van der Waals surface area contributed by atoms with E-state index in [2.05, 4.69) is 10.1 Å². The van der Waals surface area contributed by atoms with E-state index in [4.69, 9.17) is 9.26 Å². The van der Waals surface area contributed by atoms with Crippen LogP contribution in [-0.2, 0) is 28.4 Å². The van der Waals surface area contributed by atoms with Gasteiger partial charge in [0.1, 0.15) is 0 Å². The molecule has 0 spiro atoms. The van der Waals surface area contributed by atoms with Gasteiger partial charge in [0.15, 0.2) is 0 Å². The molecule has 4 atom stereocenters. The summed E-state index contributed by atoms with van der Waals surface area (Å²) < 4.78 is 18.1. The Hall–Kier alpha value is -5.09. The molecule has 5 rings (SSSR count). The van der Waals surface area contributed by atoms with Crippen molar-refractivity contribution in [2.45, 2.75) is 38.5 Å². The summed E-state index contributed by atoms with van der Waals surface area (Å²) in [5.74, 6) is -3.00. The van der Waals surface area contributed by atoms with E-state index in [-0.39, 0.29) is 6.42 Å². The number of nitrogens with zero attached hydrogens (tertiary/aromatic N) is 1. The SMILES string of the molecule is COC(=O)Nc1ccc(C(O)C[C@@H]2[C@@H]([C@@H](C)O)C(=O)N2P(OC(=O)COC(C)=O)(c2ccccc2)(c2ccccc2)c2ccccc2)cc1. The van der Waals surface area contributed by atoms with Crippen LogP contribution in [0.1, 0.15) is 31.9 Å². The van der Waals surface area contributed by atoms with Gasteiger partial charge in [0.05, 0.1) is 0 Å². The molecule has 1 saturated heterocycles. The van der Waals surface area contributed by atoms with Gasteiger partial charge in [0.2, 0.25) is 0 Å². The number of hydrogen-bond acceptors (Lipinski definition) is 9. The molecule has 1 aliphatic heterocycles. The Morgan fingerprint density at radius 1 is 0.816 bits per heavy atom. The fourth-order valence-corrected chi connectivity index (χ4v) is 12.6. The molecule has 49 heavy (non-hydrogen) atoms. The average Bonchev–Trinajstić information content (AvgIpc) is 3.11. The summed E-state index contributed by atoms with van der Waals surface area (Å²) in [5, 5.41) is 26.8. The molecule has 0 bridgehead atoms. The van der Waals surface area contributed by atoms with E-state index in [1.54, 1.807) is 102 Å². The first-order valence-corrected chi connectivity index (χ1v) is 17.8. The number of ether oxygens (including phenoxy) is 2. The van der Waals surface area contributed by atoms with Crippen LogP contribution in [0.3, 0.4) is 0 Å². The Balaban J connectivity index is 1.75. The number of rotatable bonds is 12. The van der Waals surface area contributed by atoms with Crippen LogP contribution in [0.5, 0.6) is 0 Å². The first kappa shape index (κ1) is 35.2. The number of carbonyl (C=O) groups excluding carboxylic acids is 4. The van der Waals surface area contributed by atoms with E-state index in [1.807, 2.05) is 18.2 Å². The van der Waals surface area contributed by atoms with Gasteiger partial charge >= 0.3 is 285 Å². The van der Waals surface area contributed by atoms with Crippen molar-refractivity contribution in [2.24, 2.45) is 5.92 Å². The standard InChI is InChI=1S/C37H39N2O9P/c1-25(40)35-32(23-33(42)27-19-21-28(22-20-27)38-37(45)46-3)39(36(35)44)49(29-13-7-4-8-14-29,30-15-9-5-10-16-30,31-17-11-6-12-18-31)48-34(43)24-47-26(2)41/h4-22,25,32-33,35,40,42H,23-24H2,1-3H3,(H,38,45)/t25-,32-,33?,35-/m1/s1. The topological polar surface area (TPSA) is 152 Å². The second kappa shape index (κ2) is 14.6. The molecular formula is C37H39N2O9P. The molecular weight excluding hydrogens is 647 g/mol. The molecule has 11 nitrogen and oxygen atoms in total. The maximum absolute atomic E-state index is 14.7. The number of esters is 1. The number of carbonyl (C=O) groups is 4. The molecule has 1 aliphatic rings. The van der Waals surface area contributed by atoms with Crippen molar-refractivity contribution < 1.29 is 43.4 Å². The molecule has 1 fully saturated rings. The van der Waals surface area contributed by atoms with Gasteiger partial charge < -0.3 is 0 Å². The summed E-state index contributed by atoms with van der Waals surface area (Å²) in [4.78, 5) is 52.2. The van der Waals surface area contributed by atoms with Crippen LogP contribution in [0.25, 0.3) is 0 Å². The van der Waals surface area contributed by atoms with Crippen LogP contribution >= 0.6 is 6.98 Å². The summed E-state index contributed by atoms with van der Waals surface area (Å²) >= 11 is 0. The van der Waals surface area contributed by atoms with Crippen LogP contribution in [0.4, 0.5) is 10.5 Å². The number of benzene rings is 4. The second-order valence-corrected chi connectivity index (χ2v) is 15.9. The van der Waals surface area contributed by atoms with Crippen LogP contribution in [-0.4, -0.2) is 64.7 Å². The van der Waals surface area contributed by atoms with Gasteiger partial charge in [-0.3, -0.25) is 0 Å². The second-order valence-electron chi connectivity index (χ2n) is 11.7. The third kappa shape index (κ3) is 6.40. The first-order valence-electron chi connectivity index (χ1n) is 15.7. The third-order valence-corrected chi connectivity index (χ3v) is 14.4. The minimum atomic E-state index is -4.93. The summed E-state index contributed by atoms with van der Waals surface area (Å²) in [6, 6.07) is 32.5. The summed E-state index contributed by atoms with van der Waals surface area (Å²) in [6.45, 7) is -2.94. The number of anilines is 1. The molecule has 12 heteroatoms. The molecule has 4 aromatic rings. The monoisotopic (exact) mass is 686 g/mol. The minimum absolute atomic E-state index is 0.0447. The molecule has 256 valence electrons. The number of hydrogen-bond donors (Lipinski definition) is 3. The predicted octanol–water partition coefficient (Wildman–Crippen LogP) is 3.96. The van der Waals surface area contributed by atoms with E-state index in [9.17, 15) is 29.4 Å². The molecule has 1 unspecified atom stereocenters. The first-order chi connectivity index (χ1) is 23.5. The Bertz CT molecular complexity index is 1690. The summed E-state index contributed by atoms with van der Waals surface area (Å²) in [7, 11) is 1.25. The van der Waals surface area contributed by atoms with Gasteiger partial charge in [-0.05, 0) is 0 Å². The number of amides is 2. The molecule has 0 radical (unpaired) electrons. The fourth-order valence-electron chi connectivity index (χ4n) is 6.64. The number of nitrogens with one attached hydrogen (secondary N) is 1. The van der Waals surface area contributed by atoms with Crippen molar-refractivity contribution in [1.29, 1.82) is 0 Å². The van der Waals surface area contributed by atoms with Crippen LogP contribution < -0.4 is 21.2 Å². The zero-order valence-electron chi connectivity index (χ0n) is 27.3. The molecule has 0 aliphatic carbocycles. The van der Waals surface area contributed by atoms with E-state index in [0.29, 0.717) is 27.2 Å². The molecule has 0 saturated carbocycles. The molecule has 2 amide bonds. The van der Waals surface area contributed by atoms with E-state index < -0.39 is 61.7 Å². The third-order valence-electron chi connectivity index (χ3n) is 8.74. The molecule has 4 aromatic carbocycles. The zero-order valence-corrected chi connectivity index (χ0v) is 28.2. The van der Waals surface area contributed by atoms with Crippen molar-refractivity contribution in [3.05, 3.63) is 121 Å². The van der Waals surface area contributed by atoms with E-state index in [0.717, 1.165) is 0 Å². The van der Waals surface area contributed by atoms with Gasteiger partial charge in [-0.1, -0.05) is 0 Å². The maximum atomic E-state index is 14.7. The number of methoxy groups -OCH3 is 1. The molecule has 1 heterocycles. The Labute approximate surface area is 284 Å². The van der Waals surface area contributed by atoms with Crippen LogP contribution in [0.2, 0.25) is 0 Å². The summed E-state index contributed by atoms with van der Waals surface area (Å²) in [5.41, 5.74) is 0.942. The van der Waals surface area contributed by atoms with Gasteiger partial charge in [0, 0.05) is 0 Å². The number of aliphatic hydroxyl groups is 2. The van der Waals surface area contributed by atoms with Crippen molar-refractivity contribution in [3.63, 3.8) is 0 Å². The van der Waals surface area contributed by atoms with Crippen LogP contribution in [0.15, 0.2) is 115 Å². The van der Waals surface area contributed by atoms with Gasteiger partial charge in [-0.15, -0.1) is 0 Å². The number of aliphatic hydroxyl groups excluding tert-OH is 2. The van der Waals surface area contributed by atoms with Crippen molar-refractivity contribution >= 4 is 52.5 Å². The predicted molar refractivity (Wildman–Crippen MR) is 186 cm³/mol. The molecule has 3 N–H and O–H groups in total. The summed E-state index contributed by atoms with van der Waals surface area (Å²) in [6.07, 6.45) is -2.95. The average molecular weight is 687 g/mol. The van der Waals surface area contributed by atoms with Crippen molar-refractivity contribution in [2.75, 3.05) is 19.0 Å². The van der Waals surface area contributed by atoms with Crippen molar-refractivity contribution in [3.8, 4) is 0 Å². The Morgan fingerprint density at radius 2 is 1.31 bits per heavy atom. The van der Waals surface area contributed by atoms with E-state index >= 15 is 0 Å². The van der Waals surface area contributed by atoms with Gasteiger partial charge in [-0.2, -0.15) is 0 Å². The normalized spacial score (nSPS) is 17.8. The van der Waals surface area contributed by atoms with Crippen LogP contribution in [0, 0.1) is 5.92 Å². The van der Waals surface area contributed by atoms with Gasteiger partial charge in [0.25, 0.3) is 0 Å². The van der Waals surface area contributed by atoms with Gasteiger partial charge in [-0.25, -0.2) is 0 Å². The quantitative estimate of drug-likeness (QED) is 0.114.